The average molecular weight is 650 g/mol. The Hall–Kier alpha value is 0.0719. The topological polar surface area (TPSA) is 55.6 Å². The third-order valence-electron chi connectivity index (χ3n) is 3.90. The molecule has 1 amide bonds. The monoisotopic (exact) mass is 650 g/mol. The Balaban J connectivity index is 0.00000729. The molecule has 0 radical (unpaired) electrons. The molecule has 28 heavy (non-hydrogen) atoms. The second kappa shape index (κ2) is 15.0. The van der Waals surface area contributed by atoms with Gasteiger partial charge >= 0.3 is 12.1 Å². The van der Waals surface area contributed by atoms with E-state index in [4.69, 9.17) is 20.4 Å². The maximum Gasteiger partial charge on any atom is 0.471 e. The first-order valence-electron chi connectivity index (χ1n) is 8.66. The normalized spacial score (nSPS) is 17.5. The van der Waals surface area contributed by atoms with Crippen molar-refractivity contribution in [2.45, 2.75) is 25.6 Å². The van der Waals surface area contributed by atoms with Crippen molar-refractivity contribution < 1.29 is 62.9 Å². The zero-order valence-corrected chi connectivity index (χ0v) is 21.1. The van der Waals surface area contributed by atoms with Crippen LogP contribution in [0.25, 0.3) is 4.85 Å². The van der Waals surface area contributed by atoms with Crippen molar-refractivity contribution in [3.8, 4) is 0 Å². The van der Waals surface area contributed by atoms with Gasteiger partial charge in [0, 0.05) is 70.1 Å². The summed E-state index contributed by atoms with van der Waals surface area (Å²) in [6, 6.07) is 0. The van der Waals surface area contributed by atoms with Gasteiger partial charge < -0.3 is 28.4 Å². The van der Waals surface area contributed by atoms with Crippen LogP contribution in [0.5, 0.6) is 0 Å². The quantitative estimate of drug-likeness (QED) is 0.196. The molecule has 0 aliphatic carbocycles. The molecule has 1 rings (SSSR count). The second-order valence-corrected chi connectivity index (χ2v) is 7.27. The van der Waals surface area contributed by atoms with Crippen LogP contribution in [-0.2, 0) is 18.6 Å². The van der Waals surface area contributed by atoms with Crippen LogP contribution in [0.15, 0.2) is 0 Å². The van der Waals surface area contributed by atoms with Gasteiger partial charge in [-0.15, -0.1) is 6.54 Å². The molecule has 0 aromatic carbocycles. The number of carbonyl (C=O) groups excluding carboxylic acids is 1. The smallest absolute Gasteiger partial charge is 0.471 e. The average Bonchev–Trinajstić information content (AvgIpc) is 2.64. The van der Waals surface area contributed by atoms with E-state index in [1.165, 1.54) is 0 Å². The van der Waals surface area contributed by atoms with Crippen molar-refractivity contribution in [2.24, 2.45) is 0 Å². The second-order valence-electron chi connectivity index (χ2n) is 5.87. The maximum atomic E-state index is 12.4. The molecule has 1 saturated heterocycles. The van der Waals surface area contributed by atoms with Gasteiger partial charge in [0.25, 0.3) is 0 Å². The van der Waals surface area contributed by atoms with Gasteiger partial charge in [0.2, 0.25) is 6.54 Å². The SMILES string of the molecule is [C-]#[N+]CCOP(C)OC[C@@H](CC)O[CH-]CN1CCN(C(=O)C(F)(F)F)CC1.[U]. The molecule has 0 spiro atoms. The summed E-state index contributed by atoms with van der Waals surface area (Å²) in [5.74, 6) is -1.78. The van der Waals surface area contributed by atoms with Gasteiger partial charge in [0.1, 0.15) is 6.61 Å². The van der Waals surface area contributed by atoms with E-state index < -0.39 is 20.5 Å². The minimum atomic E-state index is -4.82. The van der Waals surface area contributed by atoms with Crippen LogP contribution in [0.3, 0.4) is 0 Å². The van der Waals surface area contributed by atoms with E-state index >= 15 is 0 Å². The molecular weight excluding hydrogens is 624 g/mol. The molecule has 12 heteroatoms. The Labute approximate surface area is 189 Å². The fraction of sp³-hybridized carbons (Fsp3) is 0.812. The number of amides is 1. The molecule has 7 nitrogen and oxygen atoms in total. The maximum absolute atomic E-state index is 12.4. The summed E-state index contributed by atoms with van der Waals surface area (Å²) >= 11 is 0. The predicted octanol–water partition coefficient (Wildman–Crippen LogP) is 2.54. The summed E-state index contributed by atoms with van der Waals surface area (Å²) in [5.41, 5.74) is 0. The molecule has 2 atom stereocenters. The molecule has 1 aliphatic heterocycles. The number of hydrogen-bond acceptors (Lipinski definition) is 5. The minimum Gasteiger partial charge on any atom is -0.547 e. The van der Waals surface area contributed by atoms with Crippen molar-refractivity contribution >= 4 is 14.3 Å². The largest absolute Gasteiger partial charge is 0.547 e. The van der Waals surface area contributed by atoms with E-state index in [-0.39, 0.29) is 50.3 Å². The van der Waals surface area contributed by atoms with Crippen LogP contribution in [0, 0.1) is 44.3 Å². The number of rotatable bonds is 11. The predicted molar refractivity (Wildman–Crippen MR) is 94.8 cm³/mol. The van der Waals surface area contributed by atoms with Crippen LogP contribution in [-0.4, -0.2) is 87.1 Å². The molecule has 0 bridgehead atoms. The number of halogens is 3. The van der Waals surface area contributed by atoms with Gasteiger partial charge in [-0.3, -0.25) is 4.79 Å². The van der Waals surface area contributed by atoms with Gasteiger partial charge in [0.05, 0.1) is 6.61 Å². The number of piperazine rings is 1. The first kappa shape index (κ1) is 28.1. The van der Waals surface area contributed by atoms with E-state index in [0.717, 1.165) is 11.3 Å². The number of carbonyl (C=O) groups is 1. The van der Waals surface area contributed by atoms with Gasteiger partial charge in [-0.05, 0) is 6.42 Å². The van der Waals surface area contributed by atoms with Crippen molar-refractivity contribution in [3.63, 3.8) is 0 Å². The Morgan fingerprint density at radius 1 is 1.29 bits per heavy atom. The molecule has 0 saturated carbocycles. The Kier molecular flexibility index (Phi) is 15.0. The van der Waals surface area contributed by atoms with Crippen LogP contribution >= 0.6 is 8.38 Å². The first-order chi connectivity index (χ1) is 12.8. The molecule has 1 unspecified atom stereocenters. The summed E-state index contributed by atoms with van der Waals surface area (Å²) < 4.78 is 53.9. The number of hydrogen-bond donors (Lipinski definition) is 0. The van der Waals surface area contributed by atoms with E-state index in [2.05, 4.69) is 4.85 Å². The summed E-state index contributed by atoms with van der Waals surface area (Å²) in [6.45, 7) is 14.4. The molecule has 1 aliphatic rings. The zero-order valence-electron chi connectivity index (χ0n) is 16.1. The van der Waals surface area contributed by atoms with Gasteiger partial charge in [-0.1, -0.05) is 6.92 Å². The molecule has 160 valence electrons. The summed E-state index contributed by atoms with van der Waals surface area (Å²) in [5, 5.41) is 0. The molecule has 1 fully saturated rings. The van der Waals surface area contributed by atoms with Crippen molar-refractivity contribution in [3.05, 3.63) is 18.0 Å². The molecule has 1 heterocycles. The molecular formula is C16H26F3N3O4PU-. The summed E-state index contributed by atoms with van der Waals surface area (Å²) in [6.07, 6.45) is -4.23. The third kappa shape index (κ3) is 11.3. The van der Waals surface area contributed by atoms with Gasteiger partial charge in [0.15, 0.2) is 8.38 Å². The zero-order chi connectivity index (χ0) is 20.3. The fourth-order valence-electron chi connectivity index (χ4n) is 2.29. The molecule has 0 aromatic rings. The van der Waals surface area contributed by atoms with Crippen molar-refractivity contribution in [1.29, 1.82) is 0 Å². The van der Waals surface area contributed by atoms with Crippen molar-refractivity contribution in [1.82, 2.24) is 9.80 Å². The minimum absolute atomic E-state index is 0. The van der Waals surface area contributed by atoms with Crippen LogP contribution in [0.1, 0.15) is 13.3 Å². The van der Waals surface area contributed by atoms with E-state index in [9.17, 15) is 18.0 Å². The fourth-order valence-corrected chi connectivity index (χ4v) is 3.08. The van der Waals surface area contributed by atoms with E-state index in [1.807, 2.05) is 18.5 Å². The number of alkyl halides is 3. The summed E-state index contributed by atoms with van der Waals surface area (Å²) in [7, 11) is -1.06. The Morgan fingerprint density at radius 3 is 2.46 bits per heavy atom. The van der Waals surface area contributed by atoms with Crippen LogP contribution in [0.4, 0.5) is 13.2 Å². The van der Waals surface area contributed by atoms with E-state index in [0.29, 0.717) is 39.4 Å². The van der Waals surface area contributed by atoms with Gasteiger partial charge in [-0.2, -0.15) is 19.8 Å². The third-order valence-corrected chi connectivity index (χ3v) is 4.96. The standard InChI is InChI=1S/C16H26F3N3O4P.U/c1-4-14(13-26-27(3)25-11-5-20-2)24-12-10-21-6-8-22(9-7-21)15(23)16(17,18)19;/h12,14H,4-11,13H2,1,3H3;/q-1;/t14-,27?;/m1./s1. The van der Waals surface area contributed by atoms with Crippen LogP contribution < -0.4 is 0 Å². The summed E-state index contributed by atoms with van der Waals surface area (Å²) in [4.78, 5) is 17.1. The van der Waals surface area contributed by atoms with Gasteiger partial charge in [-0.25, -0.2) is 6.57 Å². The van der Waals surface area contributed by atoms with Crippen LogP contribution in [0.2, 0.25) is 0 Å². The van der Waals surface area contributed by atoms with Crippen molar-refractivity contribution in [2.75, 3.05) is 59.1 Å². The first-order valence-corrected chi connectivity index (χ1v) is 10.3. The molecule has 0 N–H and O–H groups in total. The molecule has 0 aromatic heterocycles. The van der Waals surface area contributed by atoms with E-state index in [1.54, 1.807) is 6.61 Å². The number of ether oxygens (including phenoxy) is 1. The number of nitrogens with zero attached hydrogens (tertiary/aromatic N) is 3. The Morgan fingerprint density at radius 2 is 1.93 bits per heavy atom. The Bertz CT molecular complexity index is 489.